The van der Waals surface area contributed by atoms with Crippen LogP contribution in [0, 0.1) is 5.82 Å². The highest BCUT2D eigenvalue weighted by Crippen LogP contribution is 2.38. The minimum Gasteiger partial charge on any atom is -0.491 e. The van der Waals surface area contributed by atoms with Gasteiger partial charge in [0.25, 0.3) is 0 Å². The number of aliphatic carboxylic acids is 2. The first-order chi connectivity index (χ1) is 24.8. The number of nitrogens with zero attached hydrogens (tertiary/aromatic N) is 2. The van der Waals surface area contributed by atoms with E-state index in [-0.39, 0.29) is 5.75 Å². The number of H-pyrrole nitrogens is 1. The number of nitrogen functional groups attached to an aromatic ring is 2. The van der Waals surface area contributed by atoms with Crippen LogP contribution in [-0.4, -0.2) is 56.1 Å². The second kappa shape index (κ2) is 17.6. The highest BCUT2D eigenvalue weighted by atomic mass is 19.4. The molecule has 2 aromatic heterocycles. The van der Waals surface area contributed by atoms with Crippen molar-refractivity contribution in [1.82, 2.24) is 15.0 Å². The van der Waals surface area contributed by atoms with E-state index in [1.54, 1.807) is 18.3 Å². The van der Waals surface area contributed by atoms with Crippen molar-refractivity contribution in [3.8, 4) is 17.0 Å². The molecule has 0 saturated heterocycles. The van der Waals surface area contributed by atoms with Crippen LogP contribution in [0.1, 0.15) is 61.3 Å². The number of carboxylic acids is 2. The Morgan fingerprint density at radius 3 is 2.09 bits per heavy atom. The number of hydrogen-bond acceptors (Lipinski definition) is 7. The number of aryl methyl sites for hydroxylation is 2. The first-order valence-corrected chi connectivity index (χ1v) is 16.0. The molecule has 1 atom stereocenters. The Bertz CT molecular complexity index is 2020. The molecule has 10 nitrogen and oxygen atoms in total. The number of carbonyl (C=O) groups is 2. The highest BCUT2D eigenvalue weighted by Gasteiger charge is 2.39. The van der Waals surface area contributed by atoms with Crippen LogP contribution in [-0.2, 0) is 22.4 Å². The number of carboxylic acid groups (broad SMARTS) is 2. The third-order valence-corrected chi connectivity index (χ3v) is 7.48. The fourth-order valence-corrected chi connectivity index (χ4v) is 5.09. The van der Waals surface area contributed by atoms with Crippen LogP contribution in [0.5, 0.6) is 5.75 Å². The van der Waals surface area contributed by atoms with Gasteiger partial charge in [-0.2, -0.15) is 26.3 Å². The van der Waals surface area contributed by atoms with Crippen molar-refractivity contribution < 1.29 is 55.3 Å². The minimum absolute atomic E-state index is 0.217. The van der Waals surface area contributed by atoms with Crippen LogP contribution >= 0.6 is 0 Å². The Morgan fingerprint density at radius 1 is 0.887 bits per heavy atom. The summed E-state index contributed by atoms with van der Waals surface area (Å²) < 4.78 is 85.3. The number of benzene rings is 3. The van der Waals surface area contributed by atoms with Gasteiger partial charge in [0.15, 0.2) is 11.6 Å². The second-order valence-electron chi connectivity index (χ2n) is 11.4. The molecule has 0 aliphatic heterocycles. The summed E-state index contributed by atoms with van der Waals surface area (Å²) in [6.45, 7) is 6.40. The summed E-state index contributed by atoms with van der Waals surface area (Å²) >= 11 is 0. The van der Waals surface area contributed by atoms with Crippen molar-refractivity contribution >= 4 is 34.2 Å². The zero-order valence-electron chi connectivity index (χ0n) is 28.6. The van der Waals surface area contributed by atoms with Gasteiger partial charge in [-0.15, -0.1) is 0 Å². The minimum atomic E-state index is -5.08. The lowest BCUT2D eigenvalue weighted by Gasteiger charge is -2.20. The van der Waals surface area contributed by atoms with Crippen LogP contribution in [0.3, 0.4) is 0 Å². The third kappa shape index (κ3) is 11.1. The number of nitrogens with one attached hydrogen (secondary N) is 1. The van der Waals surface area contributed by atoms with E-state index in [1.807, 2.05) is 50.2 Å². The molecule has 0 saturated carbocycles. The molecule has 284 valence electrons. The molecule has 0 fully saturated rings. The Hall–Kier alpha value is -5.87. The fourth-order valence-electron chi connectivity index (χ4n) is 5.09. The van der Waals surface area contributed by atoms with Gasteiger partial charge in [-0.1, -0.05) is 44.5 Å². The average molecular weight is 752 g/mol. The summed E-state index contributed by atoms with van der Waals surface area (Å²) in [5.74, 6) is -5.47. The summed E-state index contributed by atoms with van der Waals surface area (Å²) in [5.41, 5.74) is 18.2. The third-order valence-electron chi connectivity index (χ3n) is 7.48. The molecular formula is C36H36F7N5O5. The van der Waals surface area contributed by atoms with Crippen molar-refractivity contribution in [1.29, 1.82) is 0 Å². The molecule has 3 aromatic carbocycles. The predicted molar refractivity (Wildman–Crippen MR) is 184 cm³/mol. The molecule has 0 radical (unpaired) electrons. The summed E-state index contributed by atoms with van der Waals surface area (Å²) in [4.78, 5) is 30.8. The number of nitrogens with two attached hydrogens (primary N) is 2. The quantitative estimate of drug-likeness (QED) is 0.0732. The number of halogens is 7. The summed E-state index contributed by atoms with van der Waals surface area (Å²) in [6.07, 6.45) is -5.59. The lowest BCUT2D eigenvalue weighted by Crippen LogP contribution is -2.21. The molecule has 53 heavy (non-hydrogen) atoms. The number of anilines is 2. The number of aromatic amines is 1. The number of hydrogen-bond donors (Lipinski definition) is 5. The van der Waals surface area contributed by atoms with Gasteiger partial charge >= 0.3 is 24.3 Å². The maximum absolute atomic E-state index is 16.1. The normalized spacial score (nSPS) is 11.9. The van der Waals surface area contributed by atoms with Crippen molar-refractivity contribution in [2.45, 2.75) is 58.3 Å². The van der Waals surface area contributed by atoms with Gasteiger partial charge in [0.2, 0.25) is 0 Å². The average Bonchev–Trinajstić information content (AvgIpc) is 3.56. The summed E-state index contributed by atoms with van der Waals surface area (Å²) in [6, 6.07) is 19.4. The van der Waals surface area contributed by atoms with Crippen LogP contribution in [0.2, 0.25) is 0 Å². The van der Waals surface area contributed by atoms with E-state index in [9.17, 15) is 26.3 Å². The van der Waals surface area contributed by atoms with Gasteiger partial charge in [-0.05, 0) is 78.2 Å². The zero-order valence-corrected chi connectivity index (χ0v) is 28.6. The van der Waals surface area contributed by atoms with Crippen LogP contribution < -0.4 is 16.2 Å². The lowest BCUT2D eigenvalue weighted by molar-refractivity contribution is -0.193. The second-order valence-corrected chi connectivity index (χ2v) is 11.4. The predicted octanol–water partition coefficient (Wildman–Crippen LogP) is 8.29. The molecule has 0 aliphatic carbocycles. The number of imidazole rings is 1. The number of pyridine rings is 1. The van der Waals surface area contributed by atoms with E-state index >= 15 is 4.39 Å². The molecule has 0 bridgehead atoms. The van der Waals surface area contributed by atoms with Crippen molar-refractivity contribution in [2.24, 2.45) is 0 Å². The van der Waals surface area contributed by atoms with Gasteiger partial charge in [0.05, 0.1) is 30.1 Å². The van der Waals surface area contributed by atoms with E-state index in [4.69, 9.17) is 46.0 Å². The van der Waals surface area contributed by atoms with E-state index in [0.717, 1.165) is 46.9 Å². The number of aromatic nitrogens is 3. The van der Waals surface area contributed by atoms with Crippen LogP contribution in [0.15, 0.2) is 66.9 Å². The fraction of sp³-hybridized carbons (Fsp3) is 0.278. The summed E-state index contributed by atoms with van der Waals surface area (Å²) in [5, 5.41) is 15.9. The van der Waals surface area contributed by atoms with Gasteiger partial charge in [0.1, 0.15) is 11.6 Å². The van der Waals surface area contributed by atoms with E-state index in [0.29, 0.717) is 35.2 Å². The Kier molecular flexibility index (Phi) is 13.8. The van der Waals surface area contributed by atoms with Gasteiger partial charge in [-0.3, -0.25) is 0 Å². The van der Waals surface area contributed by atoms with Crippen molar-refractivity contribution in [3.63, 3.8) is 0 Å². The first-order valence-electron chi connectivity index (χ1n) is 16.0. The van der Waals surface area contributed by atoms with Gasteiger partial charge in [-0.25, -0.2) is 23.9 Å². The number of fused-ring (bicyclic) bond motifs is 1. The van der Waals surface area contributed by atoms with Gasteiger partial charge in [0, 0.05) is 16.6 Å². The molecule has 5 rings (SSSR count). The Morgan fingerprint density at radius 2 is 1.53 bits per heavy atom. The number of rotatable bonds is 9. The Labute approximate surface area is 298 Å². The first kappa shape index (κ1) is 41.5. The molecule has 0 amide bonds. The van der Waals surface area contributed by atoms with E-state index in [1.165, 1.54) is 5.56 Å². The molecule has 2 heterocycles. The van der Waals surface area contributed by atoms with Crippen LogP contribution in [0.25, 0.3) is 22.0 Å². The monoisotopic (exact) mass is 751 g/mol. The molecular weight excluding hydrogens is 715 g/mol. The maximum atomic E-state index is 16.1. The van der Waals surface area contributed by atoms with E-state index in [2.05, 4.69) is 24.0 Å². The Balaban J connectivity index is 0.000000458. The zero-order chi connectivity index (χ0) is 39.7. The standard InChI is InChI=1S/C32H34FN5O.2C2HF3O2/c1-4-8-20-9-7-10-21(13-20)27-18-36-32(38-27)29(25-14-19(5-2)15-28(30(25)33)39-6-3)26-17-22-16-23(34)11-12-24(22)31(35)37-26;2*3-2(4,5)1(6)7/h7,9-18,29H,4-6,8,34H2,1-3H3,(H2,35,37)(H,36,38);2*(H,6,7). The molecule has 5 aromatic rings. The number of alkyl halides is 6. The molecule has 1 unspecified atom stereocenters. The molecule has 17 heteroatoms. The highest BCUT2D eigenvalue weighted by molar-refractivity contribution is 5.93. The number of ether oxygens (including phenoxy) is 1. The van der Waals surface area contributed by atoms with Crippen molar-refractivity contribution in [3.05, 3.63) is 101 Å². The molecule has 7 N–H and O–H groups in total. The lowest BCUT2D eigenvalue weighted by atomic mass is 9.90. The molecule has 0 spiro atoms. The van der Waals surface area contributed by atoms with Gasteiger partial charge < -0.3 is 31.4 Å². The maximum Gasteiger partial charge on any atom is 0.490 e. The molecule has 0 aliphatic rings. The SMILES string of the molecule is CCCc1cccc(-c2cnc(C(c3cc4cc(N)ccc4c(N)n3)c3cc(CC)cc(OCC)c3F)[nH]2)c1.O=C(O)C(F)(F)F.O=C(O)C(F)(F)F. The van der Waals surface area contributed by atoms with Crippen LogP contribution in [0.4, 0.5) is 42.2 Å². The summed E-state index contributed by atoms with van der Waals surface area (Å²) in [7, 11) is 0. The topological polar surface area (TPSA) is 177 Å². The van der Waals surface area contributed by atoms with Crippen molar-refractivity contribution in [2.75, 3.05) is 18.1 Å². The smallest absolute Gasteiger partial charge is 0.490 e. The largest absolute Gasteiger partial charge is 0.491 e. The van der Waals surface area contributed by atoms with E-state index < -0.39 is 36.0 Å².